The van der Waals surface area contributed by atoms with Crippen molar-refractivity contribution in [1.29, 1.82) is 0 Å². The van der Waals surface area contributed by atoms with Crippen molar-refractivity contribution >= 4 is 44.4 Å². The minimum absolute atomic E-state index is 0.0252. The van der Waals surface area contributed by atoms with Crippen molar-refractivity contribution in [3.05, 3.63) is 52.1 Å². The number of aromatic nitrogens is 4. The number of Topliss-reactive ketones (excluding diaryl/α,β-unsaturated/α-hetero) is 1. The number of fused-ring (bicyclic) bond motifs is 2. The minimum Gasteiger partial charge on any atom is -0.364 e. The number of rotatable bonds is 6. The standard InChI is InChI=1S/C23H23BrN6O3/c1-12-6-14-16(10-26-12)29(28-21(14)22(25)33)11-20(32)30-15(8-23(2)9-18(23)30)17(31)7-13-4-3-5-19(24)27-13/h3-6,10,15,18H,7-9,11H2,1-2H3,(H2,25,33)/t15-,18+,23-/m0/s1. The van der Waals surface area contributed by atoms with Crippen molar-refractivity contribution in [2.24, 2.45) is 11.1 Å². The molecular formula is C23H23BrN6O3. The first kappa shape index (κ1) is 21.7. The number of ketones is 1. The fourth-order valence-electron chi connectivity index (χ4n) is 4.94. The molecule has 1 saturated carbocycles. The number of carbonyl (C=O) groups excluding carboxylic acids is 3. The van der Waals surface area contributed by atoms with E-state index < -0.39 is 11.9 Å². The van der Waals surface area contributed by atoms with Crippen LogP contribution in [0.5, 0.6) is 0 Å². The molecule has 0 radical (unpaired) electrons. The summed E-state index contributed by atoms with van der Waals surface area (Å²) in [5.41, 5.74) is 7.51. The maximum atomic E-state index is 13.5. The van der Waals surface area contributed by atoms with Gasteiger partial charge in [0, 0.05) is 22.8 Å². The molecule has 9 nitrogen and oxygen atoms in total. The first-order valence-corrected chi connectivity index (χ1v) is 11.5. The fourth-order valence-corrected chi connectivity index (χ4v) is 5.32. The number of piperidine rings is 1. The van der Waals surface area contributed by atoms with Gasteiger partial charge in [-0.15, -0.1) is 0 Å². The van der Waals surface area contributed by atoms with E-state index >= 15 is 0 Å². The van der Waals surface area contributed by atoms with Crippen LogP contribution in [0.25, 0.3) is 10.9 Å². The number of halogens is 1. The van der Waals surface area contributed by atoms with E-state index in [1.807, 2.05) is 12.1 Å². The highest BCUT2D eigenvalue weighted by molar-refractivity contribution is 9.10. The van der Waals surface area contributed by atoms with Gasteiger partial charge in [-0.1, -0.05) is 13.0 Å². The Morgan fingerprint density at radius 2 is 2.06 bits per heavy atom. The lowest BCUT2D eigenvalue weighted by Crippen LogP contribution is -2.45. The van der Waals surface area contributed by atoms with E-state index in [1.54, 1.807) is 30.2 Å². The Balaban J connectivity index is 1.41. The van der Waals surface area contributed by atoms with E-state index in [0.29, 0.717) is 27.6 Å². The molecule has 170 valence electrons. The first-order valence-electron chi connectivity index (χ1n) is 10.7. The molecule has 2 fully saturated rings. The molecule has 3 atom stereocenters. The van der Waals surface area contributed by atoms with E-state index in [1.165, 1.54) is 4.68 Å². The molecular weight excluding hydrogens is 488 g/mol. The second-order valence-corrected chi connectivity index (χ2v) is 10.0. The third-order valence-corrected chi connectivity index (χ3v) is 7.16. The highest BCUT2D eigenvalue weighted by Crippen LogP contribution is 2.59. The van der Waals surface area contributed by atoms with Crippen LogP contribution in [-0.2, 0) is 22.6 Å². The summed E-state index contributed by atoms with van der Waals surface area (Å²) < 4.78 is 2.13. The van der Waals surface area contributed by atoms with Gasteiger partial charge in [-0.2, -0.15) is 5.10 Å². The summed E-state index contributed by atoms with van der Waals surface area (Å²) in [6, 6.07) is 6.72. The molecule has 0 bridgehead atoms. The van der Waals surface area contributed by atoms with Crippen molar-refractivity contribution in [1.82, 2.24) is 24.6 Å². The Kier molecular flexibility index (Phi) is 5.08. The Morgan fingerprint density at radius 1 is 1.27 bits per heavy atom. The van der Waals surface area contributed by atoms with E-state index in [0.717, 1.165) is 12.1 Å². The second kappa shape index (κ2) is 7.72. The fraction of sp³-hybridized carbons (Fsp3) is 0.391. The molecule has 0 spiro atoms. The zero-order chi connectivity index (χ0) is 23.5. The molecule has 2 aliphatic rings. The summed E-state index contributed by atoms with van der Waals surface area (Å²) in [5.74, 6) is -0.895. The quantitative estimate of drug-likeness (QED) is 0.506. The van der Waals surface area contributed by atoms with E-state index in [-0.39, 0.29) is 41.8 Å². The minimum atomic E-state index is -0.665. The predicted molar refractivity (Wildman–Crippen MR) is 123 cm³/mol. The average Bonchev–Trinajstić information content (AvgIpc) is 3.12. The lowest BCUT2D eigenvalue weighted by Gasteiger charge is -2.26. The summed E-state index contributed by atoms with van der Waals surface area (Å²) in [6.45, 7) is 3.82. The molecule has 0 unspecified atom stereocenters. The van der Waals surface area contributed by atoms with Crippen molar-refractivity contribution < 1.29 is 14.4 Å². The molecule has 3 aromatic heterocycles. The number of hydrogen-bond acceptors (Lipinski definition) is 6. The third kappa shape index (κ3) is 3.82. The van der Waals surface area contributed by atoms with Gasteiger partial charge < -0.3 is 10.6 Å². The zero-order valence-corrected chi connectivity index (χ0v) is 19.9. The highest BCUT2D eigenvalue weighted by atomic mass is 79.9. The van der Waals surface area contributed by atoms with Gasteiger partial charge in [-0.05, 0) is 59.3 Å². The number of nitrogens with two attached hydrogens (primary N) is 1. The zero-order valence-electron chi connectivity index (χ0n) is 18.3. The molecule has 10 heteroatoms. The van der Waals surface area contributed by atoms with E-state index in [2.05, 4.69) is 37.9 Å². The molecule has 3 aromatic rings. The van der Waals surface area contributed by atoms with Crippen LogP contribution in [0.3, 0.4) is 0 Å². The molecule has 4 heterocycles. The van der Waals surface area contributed by atoms with Crippen molar-refractivity contribution in [2.45, 2.75) is 51.7 Å². The van der Waals surface area contributed by atoms with Gasteiger partial charge in [0.1, 0.15) is 11.1 Å². The number of aryl methyl sites for hydroxylation is 1. The summed E-state index contributed by atoms with van der Waals surface area (Å²) in [6.07, 6.45) is 3.27. The summed E-state index contributed by atoms with van der Waals surface area (Å²) in [4.78, 5) is 48.9. The normalized spacial score (nSPS) is 23.5. The van der Waals surface area contributed by atoms with Gasteiger partial charge in [-0.25, -0.2) is 4.98 Å². The number of pyridine rings is 2. The van der Waals surface area contributed by atoms with Gasteiger partial charge in [-0.3, -0.25) is 24.0 Å². The molecule has 1 saturated heterocycles. The number of amides is 2. The van der Waals surface area contributed by atoms with Crippen LogP contribution in [0.15, 0.2) is 35.1 Å². The van der Waals surface area contributed by atoms with Gasteiger partial charge in [0.2, 0.25) is 5.91 Å². The Morgan fingerprint density at radius 3 is 2.79 bits per heavy atom. The number of likely N-dealkylation sites (tertiary alicyclic amines) is 1. The number of primary amides is 1. The predicted octanol–water partition coefficient (Wildman–Crippen LogP) is 2.19. The first-order chi connectivity index (χ1) is 15.7. The van der Waals surface area contributed by atoms with Crippen molar-refractivity contribution in [2.75, 3.05) is 0 Å². The number of carbonyl (C=O) groups is 3. The maximum Gasteiger partial charge on any atom is 0.269 e. The summed E-state index contributed by atoms with van der Waals surface area (Å²) in [7, 11) is 0. The molecule has 33 heavy (non-hydrogen) atoms. The van der Waals surface area contributed by atoms with Crippen molar-refractivity contribution in [3.8, 4) is 0 Å². The molecule has 0 aromatic carbocycles. The Labute approximate surface area is 198 Å². The van der Waals surface area contributed by atoms with Gasteiger partial charge in [0.25, 0.3) is 5.91 Å². The topological polar surface area (TPSA) is 124 Å². The largest absolute Gasteiger partial charge is 0.364 e. The van der Waals surface area contributed by atoms with Crippen LogP contribution in [0.2, 0.25) is 0 Å². The SMILES string of the molecule is Cc1cc2c(C(N)=O)nn(CC(=O)N3[C@H](C(=O)Cc4cccc(Br)n4)C[C@@]4(C)C[C@@H]34)c2cn1. The van der Waals surface area contributed by atoms with Gasteiger partial charge in [0.15, 0.2) is 11.5 Å². The van der Waals surface area contributed by atoms with Crippen LogP contribution in [0, 0.1) is 12.3 Å². The molecule has 2 amide bonds. The van der Waals surface area contributed by atoms with Crippen LogP contribution >= 0.6 is 15.9 Å². The van der Waals surface area contributed by atoms with Crippen LogP contribution in [0.1, 0.15) is 41.6 Å². The number of hydrogen-bond donors (Lipinski definition) is 1. The lowest BCUT2D eigenvalue weighted by atomic mass is 9.97. The highest BCUT2D eigenvalue weighted by Gasteiger charge is 2.64. The summed E-state index contributed by atoms with van der Waals surface area (Å²) >= 11 is 3.33. The van der Waals surface area contributed by atoms with E-state index in [9.17, 15) is 14.4 Å². The summed E-state index contributed by atoms with van der Waals surface area (Å²) in [5, 5.41) is 4.86. The Bertz CT molecular complexity index is 1320. The molecule has 5 rings (SSSR count). The van der Waals surface area contributed by atoms with Crippen LogP contribution in [-0.4, -0.2) is 54.3 Å². The smallest absolute Gasteiger partial charge is 0.269 e. The van der Waals surface area contributed by atoms with Gasteiger partial charge >= 0.3 is 0 Å². The van der Waals surface area contributed by atoms with Crippen LogP contribution < -0.4 is 5.73 Å². The van der Waals surface area contributed by atoms with Crippen LogP contribution in [0.4, 0.5) is 0 Å². The lowest BCUT2D eigenvalue weighted by molar-refractivity contribution is -0.139. The molecule has 2 N–H and O–H groups in total. The number of nitrogens with zero attached hydrogens (tertiary/aromatic N) is 5. The Hall–Kier alpha value is -3.14. The maximum absolute atomic E-state index is 13.5. The second-order valence-electron chi connectivity index (χ2n) is 9.20. The third-order valence-electron chi connectivity index (χ3n) is 6.71. The van der Waals surface area contributed by atoms with Crippen molar-refractivity contribution in [3.63, 3.8) is 0 Å². The average molecular weight is 511 g/mol. The van der Waals surface area contributed by atoms with E-state index in [4.69, 9.17) is 5.73 Å². The molecule has 1 aliphatic heterocycles. The monoisotopic (exact) mass is 510 g/mol. The van der Waals surface area contributed by atoms with Gasteiger partial charge in [0.05, 0.1) is 24.2 Å². The molecule has 1 aliphatic carbocycles.